The molecule has 2 aromatic carbocycles. The number of aldehydes is 1. The molecule has 8 nitrogen and oxygen atoms in total. The van der Waals surface area contributed by atoms with E-state index in [4.69, 9.17) is 9.47 Å². The van der Waals surface area contributed by atoms with Crippen LogP contribution in [0.3, 0.4) is 0 Å². The summed E-state index contributed by atoms with van der Waals surface area (Å²) in [4.78, 5) is 29.1. The van der Waals surface area contributed by atoms with Crippen molar-refractivity contribution in [2.45, 2.75) is 23.4 Å². The van der Waals surface area contributed by atoms with Gasteiger partial charge in [-0.15, -0.1) is 11.3 Å². The number of thiophene rings is 1. The number of methoxy groups -OCH3 is 2. The van der Waals surface area contributed by atoms with Crippen LogP contribution < -0.4 is 10.1 Å². The van der Waals surface area contributed by atoms with E-state index in [9.17, 15) is 18.0 Å². The van der Waals surface area contributed by atoms with Crippen molar-refractivity contribution in [1.82, 2.24) is 4.98 Å². The van der Waals surface area contributed by atoms with Crippen molar-refractivity contribution in [2.24, 2.45) is 0 Å². The Hall–Kier alpha value is -4.02. The lowest BCUT2D eigenvalue weighted by molar-refractivity contribution is 0.0601. The van der Waals surface area contributed by atoms with Crippen molar-refractivity contribution in [3.63, 3.8) is 0 Å². The zero-order valence-electron chi connectivity index (χ0n) is 20.3. The van der Waals surface area contributed by atoms with Crippen LogP contribution in [-0.2, 0) is 21.1 Å². The standard InChI is InChI=1S/C27H24N2O6S2/c1-17-13-20(25-19(16-30)10-12-36-25)14-23(27(31)35-3)24(17)29-15-18-5-4-11-28-26(18)37(32,33)22-8-6-21(34-2)7-9-22/h4-14,16,29H,15H2,1-3H3. The Morgan fingerprint density at radius 1 is 1.11 bits per heavy atom. The third-order valence-corrected chi connectivity index (χ3v) is 8.50. The summed E-state index contributed by atoms with van der Waals surface area (Å²) < 4.78 is 36.8. The molecule has 1 N–H and O–H groups in total. The quantitative estimate of drug-likeness (QED) is 0.230. The summed E-state index contributed by atoms with van der Waals surface area (Å²) in [6.07, 6.45) is 2.20. The van der Waals surface area contributed by atoms with Gasteiger partial charge in [0.2, 0.25) is 9.84 Å². The molecule has 0 bridgehead atoms. The molecule has 0 aliphatic rings. The Bertz CT molecular complexity index is 1560. The number of esters is 1. The van der Waals surface area contributed by atoms with Gasteiger partial charge < -0.3 is 14.8 Å². The fourth-order valence-corrected chi connectivity index (χ4v) is 6.18. The summed E-state index contributed by atoms with van der Waals surface area (Å²) >= 11 is 1.40. The third kappa shape index (κ3) is 5.25. The summed E-state index contributed by atoms with van der Waals surface area (Å²) in [6, 6.07) is 14.7. The zero-order valence-corrected chi connectivity index (χ0v) is 22.0. The van der Waals surface area contributed by atoms with Crippen molar-refractivity contribution >= 4 is 39.1 Å². The average molecular weight is 537 g/mol. The fourth-order valence-electron chi connectivity index (χ4n) is 3.92. The first-order valence-electron chi connectivity index (χ1n) is 11.1. The minimum Gasteiger partial charge on any atom is -0.497 e. The van der Waals surface area contributed by atoms with Gasteiger partial charge in [-0.25, -0.2) is 18.2 Å². The first-order valence-corrected chi connectivity index (χ1v) is 13.5. The van der Waals surface area contributed by atoms with Gasteiger partial charge in [-0.2, -0.15) is 0 Å². The second-order valence-electron chi connectivity index (χ2n) is 8.03. The number of carbonyl (C=O) groups excluding carboxylic acids is 2. The highest BCUT2D eigenvalue weighted by Crippen LogP contribution is 2.34. The van der Waals surface area contributed by atoms with E-state index in [1.807, 2.05) is 18.4 Å². The lowest BCUT2D eigenvalue weighted by Crippen LogP contribution is -2.14. The number of carbonyl (C=O) groups is 2. The minimum atomic E-state index is -3.91. The van der Waals surface area contributed by atoms with E-state index in [0.717, 1.165) is 16.7 Å². The number of benzene rings is 2. The van der Waals surface area contributed by atoms with Gasteiger partial charge in [-0.1, -0.05) is 6.07 Å². The number of nitrogens with one attached hydrogen (secondary N) is 1. The van der Waals surface area contributed by atoms with Gasteiger partial charge in [0.1, 0.15) is 5.75 Å². The molecule has 0 saturated heterocycles. The predicted octanol–water partition coefficient (Wildman–Crippen LogP) is 5.17. The van der Waals surface area contributed by atoms with E-state index in [0.29, 0.717) is 28.1 Å². The minimum absolute atomic E-state index is 0.0847. The van der Waals surface area contributed by atoms with Gasteiger partial charge in [0.05, 0.1) is 30.4 Å². The number of pyridine rings is 1. The largest absolute Gasteiger partial charge is 0.497 e. The molecule has 0 atom stereocenters. The Labute approximate surface area is 218 Å². The number of anilines is 1. The lowest BCUT2D eigenvalue weighted by atomic mass is 10.0. The molecule has 0 fully saturated rings. The maximum absolute atomic E-state index is 13.4. The normalized spacial score (nSPS) is 11.1. The Balaban J connectivity index is 1.70. The second kappa shape index (κ2) is 10.9. The Morgan fingerprint density at radius 3 is 2.54 bits per heavy atom. The van der Waals surface area contributed by atoms with Crippen molar-refractivity contribution in [1.29, 1.82) is 0 Å². The number of sulfone groups is 1. The zero-order chi connectivity index (χ0) is 26.6. The van der Waals surface area contributed by atoms with Crippen LogP contribution >= 0.6 is 11.3 Å². The third-order valence-electron chi connectivity index (χ3n) is 5.76. The average Bonchev–Trinajstić information content (AvgIpc) is 3.41. The highest BCUT2D eigenvalue weighted by molar-refractivity contribution is 7.91. The SMILES string of the molecule is COC(=O)c1cc(-c2sccc2C=O)cc(C)c1NCc1cccnc1S(=O)(=O)c1ccc(OC)cc1. The summed E-state index contributed by atoms with van der Waals surface area (Å²) in [5.41, 5.74) is 3.17. The molecule has 2 aromatic heterocycles. The van der Waals surface area contributed by atoms with Gasteiger partial charge in [0.15, 0.2) is 11.3 Å². The van der Waals surface area contributed by atoms with Crippen molar-refractivity contribution < 1.29 is 27.5 Å². The molecule has 0 spiro atoms. The molecule has 0 aliphatic carbocycles. The summed E-state index contributed by atoms with van der Waals surface area (Å²) in [7, 11) is -1.12. The van der Waals surface area contributed by atoms with E-state index in [2.05, 4.69) is 10.3 Å². The second-order valence-corrected chi connectivity index (χ2v) is 10.8. The molecule has 10 heteroatoms. The van der Waals surface area contributed by atoms with Gasteiger partial charge >= 0.3 is 5.97 Å². The number of aromatic nitrogens is 1. The highest BCUT2D eigenvalue weighted by Gasteiger charge is 2.24. The van der Waals surface area contributed by atoms with Crippen LogP contribution in [-0.4, -0.2) is 39.9 Å². The summed E-state index contributed by atoms with van der Waals surface area (Å²) in [6.45, 7) is 1.91. The Morgan fingerprint density at radius 2 is 1.86 bits per heavy atom. The van der Waals surface area contributed by atoms with E-state index in [1.54, 1.807) is 36.4 Å². The van der Waals surface area contributed by atoms with Gasteiger partial charge in [0, 0.05) is 28.7 Å². The van der Waals surface area contributed by atoms with Crippen molar-refractivity contribution in [2.75, 3.05) is 19.5 Å². The molecule has 4 rings (SSSR count). The number of aryl methyl sites for hydroxylation is 1. The fraction of sp³-hybridized carbons (Fsp3) is 0.148. The van der Waals surface area contributed by atoms with Crippen LogP contribution in [0.4, 0.5) is 5.69 Å². The van der Waals surface area contributed by atoms with Gasteiger partial charge in [-0.3, -0.25) is 4.79 Å². The predicted molar refractivity (Wildman–Crippen MR) is 141 cm³/mol. The highest BCUT2D eigenvalue weighted by atomic mass is 32.2. The van der Waals surface area contributed by atoms with E-state index in [-0.39, 0.29) is 22.0 Å². The molecule has 37 heavy (non-hydrogen) atoms. The van der Waals surface area contributed by atoms with Crippen molar-refractivity contribution in [3.8, 4) is 16.2 Å². The smallest absolute Gasteiger partial charge is 0.339 e. The molecule has 0 radical (unpaired) electrons. The molecular weight excluding hydrogens is 512 g/mol. The monoisotopic (exact) mass is 536 g/mol. The molecule has 0 saturated carbocycles. The van der Waals surface area contributed by atoms with E-state index >= 15 is 0 Å². The molecule has 190 valence electrons. The van der Waals surface area contributed by atoms with E-state index in [1.165, 1.54) is 43.9 Å². The number of hydrogen-bond donors (Lipinski definition) is 1. The maximum atomic E-state index is 13.4. The molecule has 0 unspecified atom stereocenters. The molecule has 0 aliphatic heterocycles. The van der Waals surface area contributed by atoms with E-state index < -0.39 is 15.8 Å². The topological polar surface area (TPSA) is 112 Å². The number of rotatable bonds is 9. The van der Waals surface area contributed by atoms with Crippen LogP contribution in [0.25, 0.3) is 10.4 Å². The van der Waals surface area contributed by atoms with Crippen LogP contribution in [0.1, 0.15) is 31.8 Å². The van der Waals surface area contributed by atoms with Crippen LogP contribution in [0.2, 0.25) is 0 Å². The molecule has 4 aromatic rings. The van der Waals surface area contributed by atoms with Crippen molar-refractivity contribution in [3.05, 3.63) is 88.4 Å². The van der Waals surface area contributed by atoms with Crippen LogP contribution in [0.15, 0.2) is 76.1 Å². The maximum Gasteiger partial charge on any atom is 0.339 e. The molecule has 0 amide bonds. The number of hydrogen-bond acceptors (Lipinski definition) is 9. The summed E-state index contributed by atoms with van der Waals surface area (Å²) in [5, 5.41) is 4.93. The van der Waals surface area contributed by atoms with Gasteiger partial charge in [0.25, 0.3) is 0 Å². The van der Waals surface area contributed by atoms with Gasteiger partial charge in [-0.05, 0) is 72.0 Å². The lowest BCUT2D eigenvalue weighted by Gasteiger charge is -2.17. The first-order chi connectivity index (χ1) is 17.8. The first kappa shape index (κ1) is 26.1. The molecular formula is C27H24N2O6S2. The van der Waals surface area contributed by atoms with Crippen LogP contribution in [0, 0.1) is 6.92 Å². The summed E-state index contributed by atoms with van der Waals surface area (Å²) in [5.74, 6) is -0.0205. The number of nitrogens with zero attached hydrogens (tertiary/aromatic N) is 1. The molecule has 2 heterocycles. The Kier molecular flexibility index (Phi) is 7.70. The van der Waals surface area contributed by atoms with Crippen LogP contribution in [0.5, 0.6) is 5.75 Å². The number of ether oxygens (including phenoxy) is 2.